The van der Waals surface area contributed by atoms with Crippen LogP contribution in [0.1, 0.15) is 84.1 Å². The van der Waals surface area contributed by atoms with Crippen LogP contribution in [0.2, 0.25) is 0 Å². The number of esters is 1. The molecule has 5 N–H and O–H groups in total. The molecule has 3 atom stereocenters. The Morgan fingerprint density at radius 1 is 0.980 bits per heavy atom. The number of carbonyl (C=O) groups is 5. The molecule has 50 heavy (non-hydrogen) atoms. The van der Waals surface area contributed by atoms with Gasteiger partial charge >= 0.3 is 18.1 Å². The summed E-state index contributed by atoms with van der Waals surface area (Å²) in [5.74, 6) is -0.270. The Kier molecular flexibility index (Phi) is 17.2. The lowest BCUT2D eigenvalue weighted by Gasteiger charge is -2.33. The maximum atomic E-state index is 13.4. The summed E-state index contributed by atoms with van der Waals surface area (Å²) in [6.45, 7) is 6.26. The molecule has 13 nitrogen and oxygen atoms in total. The Bertz CT molecular complexity index is 1230. The van der Waals surface area contributed by atoms with E-state index in [2.05, 4.69) is 26.0 Å². The summed E-state index contributed by atoms with van der Waals surface area (Å²) in [5.41, 5.74) is 0.269. The van der Waals surface area contributed by atoms with E-state index in [1.807, 2.05) is 30.3 Å². The summed E-state index contributed by atoms with van der Waals surface area (Å²) in [4.78, 5) is 65.1. The highest BCUT2D eigenvalue weighted by atomic mass is 32.2. The standard InChI is InChI=1S/C36H57N5O8S/c1-36(2,3)49-35(47)38-27-16-19-41(20-17-27)34(46)40-29(22-26-13-9-6-10-14-26)33(45)37-18-15-31(43)39-28(21-25-11-7-5-8-12-25)30(42)23-50-24-32(44)48-4/h6,9-10,13-14,25,27-30,42H,5,7-8,11-12,15-24H2,1-4H3,(H,37,45)(H,38,47)(H,39,43)(H,40,46)/t28-,29-,30+/m0/s1. The normalized spacial score (nSPS) is 17.5. The van der Waals surface area contributed by atoms with Crippen LogP contribution in [-0.2, 0) is 30.3 Å². The molecule has 280 valence electrons. The maximum Gasteiger partial charge on any atom is 0.407 e. The number of alkyl carbamates (subject to hydrolysis) is 1. The van der Waals surface area contributed by atoms with Gasteiger partial charge in [-0.3, -0.25) is 14.4 Å². The molecule has 1 saturated heterocycles. The Morgan fingerprint density at radius 3 is 2.30 bits per heavy atom. The van der Waals surface area contributed by atoms with Crippen LogP contribution in [0.15, 0.2) is 30.3 Å². The number of benzene rings is 1. The number of carbonyl (C=O) groups excluding carboxylic acids is 5. The first-order chi connectivity index (χ1) is 23.8. The van der Waals surface area contributed by atoms with Gasteiger partial charge in [0.2, 0.25) is 11.8 Å². The number of rotatable bonds is 16. The second kappa shape index (κ2) is 21.0. The highest BCUT2D eigenvalue weighted by Gasteiger charge is 2.30. The predicted octanol–water partition coefficient (Wildman–Crippen LogP) is 3.53. The van der Waals surface area contributed by atoms with Crippen LogP contribution in [0.25, 0.3) is 0 Å². The van der Waals surface area contributed by atoms with Crippen molar-refractivity contribution in [2.24, 2.45) is 5.92 Å². The lowest BCUT2D eigenvalue weighted by molar-refractivity contribution is -0.137. The SMILES string of the molecule is COC(=O)CSC[C@@H](O)[C@H](CC1CCCCC1)NC(=O)CCNC(=O)[C@H](Cc1ccccc1)NC(=O)N1CCC(NC(=O)OC(C)(C)C)CC1. The molecule has 0 bridgehead atoms. The van der Waals surface area contributed by atoms with Crippen molar-refractivity contribution < 1.29 is 38.6 Å². The average Bonchev–Trinajstić information content (AvgIpc) is 3.07. The lowest BCUT2D eigenvalue weighted by Crippen LogP contribution is -2.55. The van der Waals surface area contributed by atoms with E-state index >= 15 is 0 Å². The molecule has 1 aliphatic heterocycles. The van der Waals surface area contributed by atoms with Crippen LogP contribution in [0.5, 0.6) is 0 Å². The molecule has 1 heterocycles. The molecule has 0 unspecified atom stereocenters. The molecule has 0 aromatic heterocycles. The van der Waals surface area contributed by atoms with Crippen molar-refractivity contribution in [2.75, 3.05) is 38.2 Å². The van der Waals surface area contributed by atoms with Gasteiger partial charge in [0, 0.05) is 44.3 Å². The second-order valence-electron chi connectivity index (χ2n) is 14.2. The molecule has 2 aliphatic rings. The van der Waals surface area contributed by atoms with Crippen molar-refractivity contribution in [1.29, 1.82) is 0 Å². The molecule has 1 saturated carbocycles. The fourth-order valence-electron chi connectivity index (χ4n) is 6.23. The number of likely N-dealkylation sites (tertiary alicyclic amines) is 1. The van der Waals surface area contributed by atoms with Gasteiger partial charge < -0.3 is 40.7 Å². The van der Waals surface area contributed by atoms with E-state index in [4.69, 9.17) is 4.74 Å². The highest BCUT2D eigenvalue weighted by Crippen LogP contribution is 2.28. The Hall–Kier alpha value is -3.52. The van der Waals surface area contributed by atoms with Gasteiger partial charge in [0.25, 0.3) is 0 Å². The quantitative estimate of drug-likeness (QED) is 0.160. The first kappa shape index (κ1) is 40.9. The van der Waals surface area contributed by atoms with Gasteiger partial charge in [0.1, 0.15) is 11.6 Å². The Balaban J connectivity index is 1.52. The largest absolute Gasteiger partial charge is 0.468 e. The second-order valence-corrected chi connectivity index (χ2v) is 15.2. The van der Waals surface area contributed by atoms with Gasteiger partial charge in [-0.1, -0.05) is 62.4 Å². The molecule has 0 spiro atoms. The number of nitrogens with one attached hydrogen (secondary N) is 4. The van der Waals surface area contributed by atoms with Crippen molar-refractivity contribution in [1.82, 2.24) is 26.2 Å². The summed E-state index contributed by atoms with van der Waals surface area (Å²) < 4.78 is 10.0. The van der Waals surface area contributed by atoms with Gasteiger partial charge in [0.05, 0.1) is 25.0 Å². The van der Waals surface area contributed by atoms with Crippen LogP contribution in [-0.4, -0.2) is 108 Å². The zero-order valence-corrected chi connectivity index (χ0v) is 30.9. The van der Waals surface area contributed by atoms with Crippen LogP contribution >= 0.6 is 11.8 Å². The minimum Gasteiger partial charge on any atom is -0.468 e. The van der Waals surface area contributed by atoms with Crippen molar-refractivity contribution in [3.05, 3.63) is 35.9 Å². The van der Waals surface area contributed by atoms with Crippen LogP contribution < -0.4 is 21.3 Å². The summed E-state index contributed by atoms with van der Waals surface area (Å²) in [6.07, 6.45) is 6.27. The smallest absolute Gasteiger partial charge is 0.407 e. The third kappa shape index (κ3) is 15.6. The number of urea groups is 1. The van der Waals surface area contributed by atoms with Crippen molar-refractivity contribution in [2.45, 2.75) is 115 Å². The molecule has 1 aromatic carbocycles. The number of piperidine rings is 1. The number of hydrogen-bond acceptors (Lipinski definition) is 9. The molecular weight excluding hydrogens is 662 g/mol. The first-order valence-corrected chi connectivity index (χ1v) is 19.0. The van der Waals surface area contributed by atoms with E-state index in [1.165, 1.54) is 25.3 Å². The van der Waals surface area contributed by atoms with E-state index in [-0.39, 0.29) is 54.8 Å². The maximum absolute atomic E-state index is 13.4. The fourth-order valence-corrected chi connectivity index (χ4v) is 7.11. The zero-order valence-electron chi connectivity index (χ0n) is 30.0. The highest BCUT2D eigenvalue weighted by molar-refractivity contribution is 7.99. The van der Waals surface area contributed by atoms with Crippen molar-refractivity contribution in [3.63, 3.8) is 0 Å². The van der Waals surface area contributed by atoms with E-state index in [9.17, 15) is 29.1 Å². The Morgan fingerprint density at radius 2 is 1.66 bits per heavy atom. The van der Waals surface area contributed by atoms with Crippen LogP contribution in [0.3, 0.4) is 0 Å². The number of aliphatic hydroxyl groups is 1. The lowest BCUT2D eigenvalue weighted by atomic mass is 9.84. The number of amides is 5. The van der Waals surface area contributed by atoms with Gasteiger partial charge in [-0.25, -0.2) is 9.59 Å². The Labute approximate surface area is 300 Å². The number of methoxy groups -OCH3 is 1. The summed E-state index contributed by atoms with van der Waals surface area (Å²) in [7, 11) is 1.32. The third-order valence-electron chi connectivity index (χ3n) is 8.91. The van der Waals surface area contributed by atoms with Gasteiger partial charge in [-0.2, -0.15) is 0 Å². The topological polar surface area (TPSA) is 175 Å². The van der Waals surface area contributed by atoms with Gasteiger partial charge in [0.15, 0.2) is 0 Å². The van der Waals surface area contributed by atoms with Crippen LogP contribution in [0, 0.1) is 5.92 Å². The molecule has 1 aliphatic carbocycles. The molecule has 14 heteroatoms. The monoisotopic (exact) mass is 719 g/mol. The summed E-state index contributed by atoms with van der Waals surface area (Å²) in [5, 5.41) is 22.5. The van der Waals surface area contributed by atoms with E-state index in [0.29, 0.717) is 38.3 Å². The molecular formula is C36H57N5O8S. The zero-order chi connectivity index (χ0) is 36.5. The number of hydrogen-bond donors (Lipinski definition) is 5. The van der Waals surface area contributed by atoms with Crippen molar-refractivity contribution in [3.8, 4) is 0 Å². The van der Waals surface area contributed by atoms with Gasteiger partial charge in [-0.05, 0) is 51.5 Å². The molecule has 1 aromatic rings. The first-order valence-electron chi connectivity index (χ1n) is 17.8. The minimum absolute atomic E-state index is 0.000898. The summed E-state index contributed by atoms with van der Waals surface area (Å²) in [6, 6.07) is 7.53. The molecule has 2 fully saturated rings. The third-order valence-corrected chi connectivity index (χ3v) is 9.93. The molecule has 0 radical (unpaired) electrons. The number of aliphatic hydroxyl groups excluding tert-OH is 1. The predicted molar refractivity (Wildman–Crippen MR) is 193 cm³/mol. The number of thioether (sulfide) groups is 1. The van der Waals surface area contributed by atoms with E-state index in [1.54, 1.807) is 25.7 Å². The molecule has 3 rings (SSSR count). The minimum atomic E-state index is -0.877. The van der Waals surface area contributed by atoms with Crippen molar-refractivity contribution >= 4 is 41.7 Å². The van der Waals surface area contributed by atoms with Crippen LogP contribution in [0.4, 0.5) is 9.59 Å². The average molecular weight is 720 g/mol. The fraction of sp³-hybridized carbons (Fsp3) is 0.694. The number of nitrogens with zero attached hydrogens (tertiary/aromatic N) is 1. The van der Waals surface area contributed by atoms with E-state index in [0.717, 1.165) is 31.2 Å². The number of ether oxygens (including phenoxy) is 2. The summed E-state index contributed by atoms with van der Waals surface area (Å²) >= 11 is 1.26. The van der Waals surface area contributed by atoms with E-state index < -0.39 is 35.8 Å². The van der Waals surface area contributed by atoms with Gasteiger partial charge in [-0.15, -0.1) is 11.8 Å². The molecule has 5 amide bonds.